The van der Waals surface area contributed by atoms with Gasteiger partial charge in [-0.3, -0.25) is 10.00 Å². The summed E-state index contributed by atoms with van der Waals surface area (Å²) in [4.78, 5) is 6.86. The monoisotopic (exact) mass is 340 g/mol. The van der Waals surface area contributed by atoms with Gasteiger partial charge in [0.05, 0.1) is 0 Å². The Hall–Kier alpha value is -2.60. The van der Waals surface area contributed by atoms with Gasteiger partial charge in [-0.25, -0.2) is 13.8 Å². The highest BCUT2D eigenvalue weighted by atomic mass is 19.2. The number of aromatic amines is 1. The van der Waals surface area contributed by atoms with E-state index >= 15 is 0 Å². The van der Waals surface area contributed by atoms with Crippen molar-refractivity contribution in [1.82, 2.24) is 20.1 Å². The number of likely N-dealkylation sites (tertiary alicyclic amines) is 1. The van der Waals surface area contributed by atoms with Crippen LogP contribution in [-0.4, -0.2) is 33.2 Å². The molecule has 25 heavy (non-hydrogen) atoms. The number of hydrogen-bond acceptors (Lipinski definition) is 3. The molecule has 0 bridgehead atoms. The van der Waals surface area contributed by atoms with Crippen LogP contribution in [0.2, 0.25) is 0 Å². The van der Waals surface area contributed by atoms with Crippen molar-refractivity contribution in [2.75, 3.05) is 13.1 Å². The van der Waals surface area contributed by atoms with Crippen LogP contribution >= 0.6 is 0 Å². The predicted molar refractivity (Wildman–Crippen MR) is 91.7 cm³/mol. The van der Waals surface area contributed by atoms with Crippen molar-refractivity contribution in [2.45, 2.75) is 19.4 Å². The molecule has 1 aliphatic rings. The van der Waals surface area contributed by atoms with Gasteiger partial charge < -0.3 is 0 Å². The van der Waals surface area contributed by atoms with Crippen LogP contribution in [0.15, 0.2) is 42.5 Å². The summed E-state index contributed by atoms with van der Waals surface area (Å²) >= 11 is 0. The van der Waals surface area contributed by atoms with E-state index in [1.165, 1.54) is 24.5 Å². The van der Waals surface area contributed by atoms with E-state index in [0.717, 1.165) is 37.3 Å². The van der Waals surface area contributed by atoms with Crippen molar-refractivity contribution in [1.29, 1.82) is 0 Å². The molecule has 1 aromatic heterocycles. The van der Waals surface area contributed by atoms with Crippen molar-refractivity contribution in [2.24, 2.45) is 0 Å². The molecule has 1 N–H and O–H groups in total. The third-order valence-electron chi connectivity index (χ3n) is 4.47. The zero-order valence-electron chi connectivity index (χ0n) is 13.7. The Balaban J connectivity index is 1.58. The molecule has 0 unspecified atom stereocenters. The molecule has 0 amide bonds. The fourth-order valence-electron chi connectivity index (χ4n) is 3.17. The van der Waals surface area contributed by atoms with Gasteiger partial charge >= 0.3 is 0 Å². The fourth-order valence-corrected chi connectivity index (χ4v) is 3.17. The predicted octanol–water partition coefficient (Wildman–Crippen LogP) is 4.01. The summed E-state index contributed by atoms with van der Waals surface area (Å²) in [6.45, 7) is 3.21. The minimum Gasteiger partial charge on any atom is -0.299 e. The van der Waals surface area contributed by atoms with E-state index in [0.29, 0.717) is 17.2 Å². The molecular formula is C19H18F2N4. The maximum atomic E-state index is 13.4. The molecule has 128 valence electrons. The summed E-state index contributed by atoms with van der Waals surface area (Å²) < 4.78 is 26.5. The lowest BCUT2D eigenvalue weighted by molar-refractivity contribution is 0.331. The minimum atomic E-state index is -0.900. The second-order valence-electron chi connectivity index (χ2n) is 6.32. The van der Waals surface area contributed by atoms with Crippen molar-refractivity contribution in [3.63, 3.8) is 0 Å². The van der Waals surface area contributed by atoms with Gasteiger partial charge in [-0.1, -0.05) is 18.2 Å². The summed E-state index contributed by atoms with van der Waals surface area (Å²) in [5.74, 6) is -0.817. The quantitative estimate of drug-likeness (QED) is 0.780. The van der Waals surface area contributed by atoms with Gasteiger partial charge in [0.2, 0.25) is 0 Å². The molecule has 1 saturated heterocycles. The number of benzene rings is 2. The van der Waals surface area contributed by atoms with Crippen LogP contribution in [0.25, 0.3) is 22.8 Å². The van der Waals surface area contributed by atoms with E-state index in [1.807, 2.05) is 12.1 Å². The zero-order chi connectivity index (χ0) is 17.2. The Bertz CT molecular complexity index is 885. The number of hydrogen-bond donors (Lipinski definition) is 1. The van der Waals surface area contributed by atoms with Crippen LogP contribution in [0.5, 0.6) is 0 Å². The normalized spacial score (nSPS) is 15.0. The number of H-pyrrole nitrogens is 1. The van der Waals surface area contributed by atoms with Gasteiger partial charge in [-0.15, -0.1) is 0 Å². The number of nitrogens with one attached hydrogen (secondary N) is 1. The minimum absolute atomic E-state index is 0.416. The number of aromatic nitrogens is 3. The largest absolute Gasteiger partial charge is 0.299 e. The zero-order valence-corrected chi connectivity index (χ0v) is 13.7. The van der Waals surface area contributed by atoms with Crippen LogP contribution in [0, 0.1) is 11.6 Å². The smallest absolute Gasteiger partial charge is 0.181 e. The summed E-state index contributed by atoms with van der Waals surface area (Å²) in [5.41, 5.74) is 2.59. The molecule has 0 radical (unpaired) electrons. The molecule has 2 heterocycles. The van der Waals surface area contributed by atoms with Gasteiger partial charge in [-0.2, -0.15) is 5.10 Å². The Morgan fingerprint density at radius 3 is 2.60 bits per heavy atom. The van der Waals surface area contributed by atoms with Crippen LogP contribution in [0.4, 0.5) is 8.78 Å². The molecule has 2 aromatic carbocycles. The number of nitrogens with zero attached hydrogens (tertiary/aromatic N) is 3. The first-order chi connectivity index (χ1) is 12.2. The van der Waals surface area contributed by atoms with Crippen LogP contribution < -0.4 is 0 Å². The van der Waals surface area contributed by atoms with Crippen molar-refractivity contribution in [3.05, 3.63) is 59.7 Å². The van der Waals surface area contributed by atoms with Gasteiger partial charge in [0.25, 0.3) is 0 Å². The van der Waals surface area contributed by atoms with E-state index in [-0.39, 0.29) is 0 Å². The molecule has 0 spiro atoms. The average molecular weight is 340 g/mol. The maximum Gasteiger partial charge on any atom is 0.181 e. The summed E-state index contributed by atoms with van der Waals surface area (Å²) in [5, 5.41) is 7.02. The standard InChI is InChI=1S/C19H18F2N4/c20-16-7-6-15(11-17(16)21)19-22-18(23-24-19)14-5-3-4-13(10-14)12-25-8-1-2-9-25/h3-7,10-11H,1-2,8-9,12H2,(H,22,23,24). The lowest BCUT2D eigenvalue weighted by Gasteiger charge is -2.14. The van der Waals surface area contributed by atoms with Gasteiger partial charge in [0.1, 0.15) is 0 Å². The summed E-state index contributed by atoms with van der Waals surface area (Å²) in [6, 6.07) is 11.8. The molecule has 1 fully saturated rings. The molecule has 4 rings (SSSR count). The molecule has 0 atom stereocenters. The summed E-state index contributed by atoms with van der Waals surface area (Å²) in [6.07, 6.45) is 2.52. The molecule has 3 aromatic rings. The van der Waals surface area contributed by atoms with Crippen molar-refractivity contribution >= 4 is 0 Å². The highest BCUT2D eigenvalue weighted by molar-refractivity contribution is 5.61. The molecule has 4 nitrogen and oxygen atoms in total. The molecule has 0 aliphatic carbocycles. The first-order valence-electron chi connectivity index (χ1n) is 8.38. The highest BCUT2D eigenvalue weighted by Gasteiger charge is 2.14. The van der Waals surface area contributed by atoms with Crippen molar-refractivity contribution < 1.29 is 8.78 Å². The first-order valence-corrected chi connectivity index (χ1v) is 8.38. The Labute approximate surface area is 144 Å². The Kier molecular flexibility index (Phi) is 4.28. The van der Waals surface area contributed by atoms with E-state index in [1.54, 1.807) is 0 Å². The second kappa shape index (κ2) is 6.72. The second-order valence-corrected chi connectivity index (χ2v) is 6.32. The van der Waals surface area contributed by atoms with E-state index < -0.39 is 11.6 Å². The van der Waals surface area contributed by atoms with Crippen LogP contribution in [0.1, 0.15) is 18.4 Å². The molecule has 1 aliphatic heterocycles. The highest BCUT2D eigenvalue weighted by Crippen LogP contribution is 2.23. The summed E-state index contributed by atoms with van der Waals surface area (Å²) in [7, 11) is 0. The first kappa shape index (κ1) is 15.9. The van der Waals surface area contributed by atoms with E-state index in [9.17, 15) is 8.78 Å². The SMILES string of the molecule is Fc1ccc(-c2nc(-c3cccc(CN4CCCC4)c3)n[nH]2)cc1F. The van der Waals surface area contributed by atoms with E-state index in [4.69, 9.17) is 0 Å². The lowest BCUT2D eigenvalue weighted by atomic mass is 10.1. The fraction of sp³-hybridized carbons (Fsp3) is 0.263. The van der Waals surface area contributed by atoms with Gasteiger partial charge in [-0.05, 0) is 55.8 Å². The van der Waals surface area contributed by atoms with Gasteiger partial charge in [0.15, 0.2) is 23.3 Å². The Morgan fingerprint density at radius 1 is 0.960 bits per heavy atom. The average Bonchev–Trinajstić information content (AvgIpc) is 3.29. The van der Waals surface area contributed by atoms with Crippen molar-refractivity contribution in [3.8, 4) is 22.8 Å². The van der Waals surface area contributed by atoms with Crippen LogP contribution in [0.3, 0.4) is 0 Å². The number of halogens is 2. The topological polar surface area (TPSA) is 44.8 Å². The Morgan fingerprint density at radius 2 is 1.80 bits per heavy atom. The molecular weight excluding hydrogens is 322 g/mol. The third kappa shape index (κ3) is 3.44. The van der Waals surface area contributed by atoms with Crippen LogP contribution in [-0.2, 0) is 6.54 Å². The third-order valence-corrected chi connectivity index (χ3v) is 4.47. The lowest BCUT2D eigenvalue weighted by Crippen LogP contribution is -2.18. The molecule has 0 saturated carbocycles. The van der Waals surface area contributed by atoms with Gasteiger partial charge in [0, 0.05) is 17.7 Å². The van der Waals surface area contributed by atoms with E-state index in [2.05, 4.69) is 32.2 Å². The molecule has 6 heteroatoms. The maximum absolute atomic E-state index is 13.4. The number of rotatable bonds is 4.